The highest BCUT2D eigenvalue weighted by Gasteiger charge is 2.21. The van der Waals surface area contributed by atoms with Crippen LogP contribution in [0.25, 0.3) is 0 Å². The van der Waals surface area contributed by atoms with Crippen molar-refractivity contribution in [3.05, 3.63) is 34.4 Å². The Labute approximate surface area is 111 Å². The van der Waals surface area contributed by atoms with Crippen LogP contribution in [0.15, 0.2) is 29.2 Å². The van der Waals surface area contributed by atoms with Crippen LogP contribution >= 0.6 is 11.8 Å². The number of nitrogens with two attached hydrogens (primary N) is 1. The number of thioether (sulfide) groups is 1. The van der Waals surface area contributed by atoms with Gasteiger partial charge in [-0.2, -0.15) is 0 Å². The molecule has 2 N–H and O–H groups in total. The minimum absolute atomic E-state index is 0.143. The van der Waals surface area contributed by atoms with Crippen molar-refractivity contribution >= 4 is 17.4 Å². The Morgan fingerprint density at radius 2 is 1.83 bits per heavy atom. The molecule has 0 spiro atoms. The molecule has 2 rings (SSSR count). The van der Waals surface area contributed by atoms with Crippen LogP contribution in [0, 0.1) is 10.1 Å². The van der Waals surface area contributed by atoms with Crippen molar-refractivity contribution in [2.24, 2.45) is 5.73 Å². The van der Waals surface area contributed by atoms with Crippen LogP contribution in [0.4, 0.5) is 5.69 Å². The van der Waals surface area contributed by atoms with E-state index in [2.05, 4.69) is 0 Å². The van der Waals surface area contributed by atoms with Gasteiger partial charge in [0.25, 0.3) is 5.69 Å². The van der Waals surface area contributed by atoms with Crippen molar-refractivity contribution in [2.45, 2.75) is 48.3 Å². The Hall–Kier alpha value is -1.07. The highest BCUT2D eigenvalue weighted by molar-refractivity contribution is 8.00. The first-order valence-electron chi connectivity index (χ1n) is 6.33. The second-order valence-electron chi connectivity index (χ2n) is 4.71. The smallest absolute Gasteiger partial charge is 0.269 e. The third kappa shape index (κ3) is 3.46. The van der Waals surface area contributed by atoms with Gasteiger partial charge in [0.1, 0.15) is 0 Å². The summed E-state index contributed by atoms with van der Waals surface area (Å²) in [6, 6.07) is 7.00. The third-order valence-electron chi connectivity index (χ3n) is 3.34. The predicted octanol–water partition coefficient (Wildman–Crippen LogP) is 3.35. The number of non-ortho nitro benzene ring substituents is 1. The lowest BCUT2D eigenvalue weighted by molar-refractivity contribution is -0.384. The van der Waals surface area contributed by atoms with Crippen LogP contribution in [-0.2, 0) is 0 Å². The summed E-state index contributed by atoms with van der Waals surface area (Å²) >= 11 is 1.76. The van der Waals surface area contributed by atoms with Crippen molar-refractivity contribution in [3.8, 4) is 0 Å². The van der Waals surface area contributed by atoms with E-state index < -0.39 is 0 Å². The fourth-order valence-electron chi connectivity index (χ4n) is 2.27. The second kappa shape index (κ2) is 6.20. The zero-order valence-electron chi connectivity index (χ0n) is 10.2. The van der Waals surface area contributed by atoms with Gasteiger partial charge in [-0.25, -0.2) is 0 Å². The normalized spacial score (nSPS) is 24.5. The summed E-state index contributed by atoms with van der Waals surface area (Å²) in [7, 11) is 0. The Kier molecular flexibility index (Phi) is 4.60. The van der Waals surface area contributed by atoms with E-state index in [4.69, 9.17) is 5.73 Å². The van der Waals surface area contributed by atoms with Gasteiger partial charge in [0.15, 0.2) is 0 Å². The lowest BCUT2D eigenvalue weighted by atomic mass is 10.1. The minimum Gasteiger partial charge on any atom is -0.327 e. The predicted molar refractivity (Wildman–Crippen MR) is 73.8 cm³/mol. The zero-order chi connectivity index (χ0) is 13.0. The number of hydrogen-bond donors (Lipinski definition) is 1. The van der Waals surface area contributed by atoms with Gasteiger partial charge < -0.3 is 5.73 Å². The van der Waals surface area contributed by atoms with Gasteiger partial charge in [0.05, 0.1) is 4.92 Å². The summed E-state index contributed by atoms with van der Waals surface area (Å²) in [6.07, 6.45) is 5.95. The van der Waals surface area contributed by atoms with Crippen LogP contribution in [0.3, 0.4) is 0 Å². The molecule has 1 aliphatic rings. The first kappa shape index (κ1) is 13.4. The molecule has 0 bridgehead atoms. The zero-order valence-corrected chi connectivity index (χ0v) is 11.1. The molecule has 0 radical (unpaired) electrons. The lowest BCUT2D eigenvalue weighted by Crippen LogP contribution is -2.31. The minimum atomic E-state index is -0.369. The van der Waals surface area contributed by atoms with Crippen molar-refractivity contribution in [3.63, 3.8) is 0 Å². The molecule has 0 heterocycles. The molecule has 0 aliphatic heterocycles. The van der Waals surface area contributed by atoms with E-state index in [1.807, 2.05) is 12.1 Å². The quantitative estimate of drug-likeness (QED) is 0.517. The molecule has 2 unspecified atom stereocenters. The van der Waals surface area contributed by atoms with Gasteiger partial charge in [0.2, 0.25) is 0 Å². The van der Waals surface area contributed by atoms with Gasteiger partial charge in [-0.15, -0.1) is 11.8 Å². The molecule has 2 atom stereocenters. The number of hydrogen-bond acceptors (Lipinski definition) is 4. The van der Waals surface area contributed by atoms with Crippen molar-refractivity contribution in [1.82, 2.24) is 0 Å². The molecule has 0 saturated heterocycles. The first-order chi connectivity index (χ1) is 8.66. The van der Waals surface area contributed by atoms with E-state index >= 15 is 0 Å². The Bertz CT molecular complexity index is 408. The SMILES string of the molecule is NC1CCCCCC1Sc1ccc([N+](=O)[O-])cc1. The standard InChI is InChI=1S/C13H18N2O2S/c14-12-4-2-1-3-5-13(12)18-11-8-6-10(7-9-11)15(16)17/h6-9,12-13H,1-5,14H2. The van der Waals surface area contributed by atoms with Crippen LogP contribution in [0.5, 0.6) is 0 Å². The molecule has 1 saturated carbocycles. The molecule has 98 valence electrons. The topological polar surface area (TPSA) is 69.2 Å². The van der Waals surface area contributed by atoms with Crippen LogP contribution in [-0.4, -0.2) is 16.2 Å². The van der Waals surface area contributed by atoms with E-state index in [9.17, 15) is 10.1 Å². The highest BCUT2D eigenvalue weighted by atomic mass is 32.2. The van der Waals surface area contributed by atoms with E-state index in [1.165, 1.54) is 19.3 Å². The van der Waals surface area contributed by atoms with Gasteiger partial charge in [0, 0.05) is 28.3 Å². The number of nitro benzene ring substituents is 1. The van der Waals surface area contributed by atoms with Crippen LogP contribution < -0.4 is 5.73 Å². The summed E-state index contributed by atoms with van der Waals surface area (Å²) in [6.45, 7) is 0. The van der Waals surface area contributed by atoms with Gasteiger partial charge in [-0.05, 0) is 25.0 Å². The monoisotopic (exact) mass is 266 g/mol. The molecular weight excluding hydrogens is 248 g/mol. The number of rotatable bonds is 3. The van der Waals surface area contributed by atoms with Crippen LogP contribution in [0.2, 0.25) is 0 Å². The maximum atomic E-state index is 10.6. The van der Waals surface area contributed by atoms with Crippen molar-refractivity contribution < 1.29 is 4.92 Å². The Balaban J connectivity index is 2.01. The molecule has 4 nitrogen and oxygen atoms in total. The molecule has 5 heteroatoms. The fraction of sp³-hybridized carbons (Fsp3) is 0.538. The van der Waals surface area contributed by atoms with Gasteiger partial charge in [-0.3, -0.25) is 10.1 Å². The molecule has 18 heavy (non-hydrogen) atoms. The number of nitrogens with zero attached hydrogens (tertiary/aromatic N) is 1. The Morgan fingerprint density at radius 3 is 2.50 bits per heavy atom. The highest BCUT2D eigenvalue weighted by Crippen LogP contribution is 2.32. The van der Waals surface area contributed by atoms with E-state index in [1.54, 1.807) is 23.9 Å². The van der Waals surface area contributed by atoms with Crippen molar-refractivity contribution in [1.29, 1.82) is 0 Å². The number of benzene rings is 1. The molecule has 1 aliphatic carbocycles. The average molecular weight is 266 g/mol. The summed E-state index contributed by atoms with van der Waals surface area (Å²) in [5.74, 6) is 0. The molecule has 1 aromatic rings. The molecule has 1 fully saturated rings. The van der Waals surface area contributed by atoms with Crippen molar-refractivity contribution in [2.75, 3.05) is 0 Å². The largest absolute Gasteiger partial charge is 0.327 e. The maximum absolute atomic E-state index is 10.6. The maximum Gasteiger partial charge on any atom is 0.269 e. The van der Waals surface area contributed by atoms with Crippen LogP contribution in [0.1, 0.15) is 32.1 Å². The lowest BCUT2D eigenvalue weighted by Gasteiger charge is -2.20. The summed E-state index contributed by atoms with van der Waals surface area (Å²) < 4.78 is 0. The molecule has 0 aromatic heterocycles. The summed E-state index contributed by atoms with van der Waals surface area (Å²) in [4.78, 5) is 11.3. The van der Waals surface area contributed by atoms with Gasteiger partial charge >= 0.3 is 0 Å². The summed E-state index contributed by atoms with van der Waals surface area (Å²) in [5, 5.41) is 11.0. The second-order valence-corrected chi connectivity index (χ2v) is 6.02. The molecule has 1 aromatic carbocycles. The Morgan fingerprint density at radius 1 is 1.17 bits per heavy atom. The first-order valence-corrected chi connectivity index (χ1v) is 7.21. The third-order valence-corrected chi connectivity index (χ3v) is 4.77. The van der Waals surface area contributed by atoms with E-state index in [-0.39, 0.29) is 16.7 Å². The van der Waals surface area contributed by atoms with E-state index in [0.29, 0.717) is 5.25 Å². The van der Waals surface area contributed by atoms with Gasteiger partial charge in [-0.1, -0.05) is 19.3 Å². The molecule has 0 amide bonds. The van der Waals surface area contributed by atoms with E-state index in [0.717, 1.165) is 17.7 Å². The fourth-order valence-corrected chi connectivity index (χ4v) is 3.51. The number of nitro groups is 1. The average Bonchev–Trinajstić information content (AvgIpc) is 2.56. The summed E-state index contributed by atoms with van der Waals surface area (Å²) in [5.41, 5.74) is 6.32. The molecular formula is C13H18N2O2S.